The second kappa shape index (κ2) is 8.82. The molecule has 1 fully saturated rings. The zero-order chi connectivity index (χ0) is 20.2. The van der Waals surface area contributed by atoms with Crippen LogP contribution >= 0.6 is 11.3 Å². The fourth-order valence-electron chi connectivity index (χ4n) is 3.26. The lowest BCUT2D eigenvalue weighted by Crippen LogP contribution is -2.21. The molecule has 7 heteroatoms. The molecule has 1 aromatic carbocycles. The van der Waals surface area contributed by atoms with Gasteiger partial charge in [0.1, 0.15) is 11.6 Å². The fourth-order valence-corrected chi connectivity index (χ4v) is 4.22. The van der Waals surface area contributed by atoms with Crippen LogP contribution in [0.15, 0.2) is 42.5 Å². The van der Waals surface area contributed by atoms with E-state index in [2.05, 4.69) is 4.98 Å². The van der Waals surface area contributed by atoms with Crippen LogP contribution in [-0.2, 0) is 16.1 Å². The lowest BCUT2D eigenvalue weighted by atomic mass is 10.1. The first-order valence-corrected chi connectivity index (χ1v) is 10.4. The van der Waals surface area contributed by atoms with E-state index in [-0.39, 0.29) is 11.9 Å². The molecule has 0 spiro atoms. The van der Waals surface area contributed by atoms with Gasteiger partial charge in [0.25, 0.3) is 0 Å². The molecule has 0 aliphatic carbocycles. The minimum absolute atomic E-state index is 0.133. The number of pyridine rings is 1. The standard InChI is InChI=1S/C22H22N2O4S/c1-14-21(29-19(23-14)13-28-20-7-2-3-12-27-20)18-6-4-5-17(24-18)15-8-10-16(11-9-15)22(25)26/h4-6,8-11,20H,2-3,7,12-13H2,1H3,(H,25,26). The molecule has 0 saturated carbocycles. The number of rotatable bonds is 6. The van der Waals surface area contributed by atoms with Crippen LogP contribution in [0.5, 0.6) is 0 Å². The highest BCUT2D eigenvalue weighted by molar-refractivity contribution is 7.15. The van der Waals surface area contributed by atoms with E-state index in [4.69, 9.17) is 19.6 Å². The molecule has 1 saturated heterocycles. The molecular formula is C22H22N2O4S. The molecule has 3 heterocycles. The van der Waals surface area contributed by atoms with Gasteiger partial charge < -0.3 is 14.6 Å². The maximum absolute atomic E-state index is 11.0. The molecule has 150 valence electrons. The van der Waals surface area contributed by atoms with Gasteiger partial charge in [-0.05, 0) is 50.5 Å². The van der Waals surface area contributed by atoms with Crippen molar-refractivity contribution in [3.63, 3.8) is 0 Å². The van der Waals surface area contributed by atoms with Gasteiger partial charge in [0.05, 0.1) is 27.5 Å². The van der Waals surface area contributed by atoms with E-state index in [1.807, 2.05) is 25.1 Å². The Morgan fingerprint density at radius 2 is 1.97 bits per heavy atom. The van der Waals surface area contributed by atoms with Crippen molar-refractivity contribution in [3.05, 3.63) is 58.7 Å². The van der Waals surface area contributed by atoms with E-state index in [9.17, 15) is 4.79 Å². The van der Waals surface area contributed by atoms with Crippen LogP contribution in [0.25, 0.3) is 21.8 Å². The number of aromatic nitrogens is 2. The number of thiazole rings is 1. The van der Waals surface area contributed by atoms with E-state index >= 15 is 0 Å². The summed E-state index contributed by atoms with van der Waals surface area (Å²) in [6.07, 6.45) is 3.03. The third-order valence-electron chi connectivity index (χ3n) is 4.78. The van der Waals surface area contributed by atoms with E-state index in [0.717, 1.165) is 58.4 Å². The SMILES string of the molecule is Cc1nc(COC2CCCCO2)sc1-c1cccc(-c2ccc(C(=O)O)cc2)n1. The van der Waals surface area contributed by atoms with E-state index in [1.54, 1.807) is 35.6 Å². The molecule has 1 aliphatic heterocycles. The highest BCUT2D eigenvalue weighted by Gasteiger charge is 2.17. The Morgan fingerprint density at radius 1 is 1.17 bits per heavy atom. The highest BCUT2D eigenvalue weighted by Crippen LogP contribution is 2.31. The number of hydrogen-bond donors (Lipinski definition) is 1. The molecule has 1 unspecified atom stereocenters. The molecule has 0 bridgehead atoms. The monoisotopic (exact) mass is 410 g/mol. The molecule has 4 rings (SSSR count). The van der Waals surface area contributed by atoms with Gasteiger partial charge in [-0.2, -0.15) is 0 Å². The Bertz CT molecular complexity index is 994. The smallest absolute Gasteiger partial charge is 0.335 e. The molecule has 29 heavy (non-hydrogen) atoms. The van der Waals surface area contributed by atoms with Gasteiger partial charge in [-0.1, -0.05) is 18.2 Å². The van der Waals surface area contributed by atoms with E-state index in [1.165, 1.54) is 0 Å². The molecule has 0 radical (unpaired) electrons. The van der Waals surface area contributed by atoms with Gasteiger partial charge in [-0.3, -0.25) is 0 Å². The lowest BCUT2D eigenvalue weighted by Gasteiger charge is -2.22. The van der Waals surface area contributed by atoms with Crippen molar-refractivity contribution in [1.29, 1.82) is 0 Å². The number of hydrogen-bond acceptors (Lipinski definition) is 6. The van der Waals surface area contributed by atoms with Gasteiger partial charge in [0.2, 0.25) is 0 Å². The average molecular weight is 410 g/mol. The summed E-state index contributed by atoms with van der Waals surface area (Å²) in [7, 11) is 0. The Labute approximate surface area is 173 Å². The third-order valence-corrected chi connectivity index (χ3v) is 5.93. The van der Waals surface area contributed by atoms with E-state index < -0.39 is 5.97 Å². The van der Waals surface area contributed by atoms with Crippen LogP contribution in [0.1, 0.15) is 40.3 Å². The number of carbonyl (C=O) groups is 1. The van der Waals surface area contributed by atoms with Crippen molar-refractivity contribution >= 4 is 17.3 Å². The van der Waals surface area contributed by atoms with Crippen molar-refractivity contribution in [3.8, 4) is 21.8 Å². The summed E-state index contributed by atoms with van der Waals surface area (Å²) < 4.78 is 11.5. The van der Waals surface area contributed by atoms with Crippen LogP contribution in [0.4, 0.5) is 0 Å². The number of carboxylic acid groups (broad SMARTS) is 1. The number of ether oxygens (including phenoxy) is 2. The number of aryl methyl sites for hydroxylation is 1. The van der Waals surface area contributed by atoms with Crippen molar-refractivity contribution in [1.82, 2.24) is 9.97 Å². The van der Waals surface area contributed by atoms with Gasteiger partial charge in [0, 0.05) is 12.2 Å². The van der Waals surface area contributed by atoms with Crippen molar-refractivity contribution < 1.29 is 19.4 Å². The molecule has 3 aromatic rings. The summed E-state index contributed by atoms with van der Waals surface area (Å²) >= 11 is 1.58. The van der Waals surface area contributed by atoms with Crippen LogP contribution in [0, 0.1) is 6.92 Å². The summed E-state index contributed by atoms with van der Waals surface area (Å²) in [5, 5.41) is 9.97. The molecule has 6 nitrogen and oxygen atoms in total. The normalized spacial score (nSPS) is 16.7. The van der Waals surface area contributed by atoms with E-state index in [0.29, 0.717) is 6.61 Å². The Kier molecular flexibility index (Phi) is 5.99. The van der Waals surface area contributed by atoms with Gasteiger partial charge in [-0.25, -0.2) is 14.8 Å². The lowest BCUT2D eigenvalue weighted by molar-refractivity contribution is -0.168. The molecular weight excluding hydrogens is 388 g/mol. The largest absolute Gasteiger partial charge is 0.478 e. The summed E-state index contributed by atoms with van der Waals surface area (Å²) in [6, 6.07) is 12.6. The van der Waals surface area contributed by atoms with Gasteiger partial charge in [0.15, 0.2) is 6.29 Å². The molecule has 1 aliphatic rings. The summed E-state index contributed by atoms with van der Waals surface area (Å²) in [6.45, 7) is 3.17. The summed E-state index contributed by atoms with van der Waals surface area (Å²) in [4.78, 5) is 21.5. The van der Waals surface area contributed by atoms with Gasteiger partial charge >= 0.3 is 5.97 Å². The summed E-state index contributed by atoms with van der Waals surface area (Å²) in [5.41, 5.74) is 3.69. The number of nitrogens with zero attached hydrogens (tertiary/aromatic N) is 2. The minimum atomic E-state index is -0.938. The maximum atomic E-state index is 11.0. The Morgan fingerprint density at radius 3 is 2.69 bits per heavy atom. The minimum Gasteiger partial charge on any atom is -0.478 e. The number of carboxylic acids is 1. The van der Waals surface area contributed by atoms with Crippen molar-refractivity contribution in [2.75, 3.05) is 6.61 Å². The molecule has 1 N–H and O–H groups in total. The predicted octanol–water partition coefficient (Wildman–Crippen LogP) is 4.92. The highest BCUT2D eigenvalue weighted by atomic mass is 32.1. The first-order chi connectivity index (χ1) is 14.1. The van der Waals surface area contributed by atoms with Crippen LogP contribution in [0.2, 0.25) is 0 Å². The second-order valence-electron chi connectivity index (χ2n) is 6.92. The molecule has 2 aromatic heterocycles. The summed E-state index contributed by atoms with van der Waals surface area (Å²) in [5.74, 6) is -0.938. The second-order valence-corrected chi connectivity index (χ2v) is 8.00. The fraction of sp³-hybridized carbons (Fsp3) is 0.318. The van der Waals surface area contributed by atoms with Crippen LogP contribution in [-0.4, -0.2) is 33.9 Å². The zero-order valence-corrected chi connectivity index (χ0v) is 16.9. The quantitative estimate of drug-likeness (QED) is 0.621. The maximum Gasteiger partial charge on any atom is 0.335 e. The van der Waals surface area contributed by atoms with Crippen molar-refractivity contribution in [2.24, 2.45) is 0 Å². The molecule has 1 atom stereocenters. The first-order valence-electron chi connectivity index (χ1n) is 9.61. The third kappa shape index (κ3) is 4.70. The van der Waals surface area contributed by atoms with Crippen LogP contribution < -0.4 is 0 Å². The zero-order valence-electron chi connectivity index (χ0n) is 16.1. The van der Waals surface area contributed by atoms with Gasteiger partial charge in [-0.15, -0.1) is 11.3 Å². The predicted molar refractivity (Wildman–Crippen MR) is 111 cm³/mol. The van der Waals surface area contributed by atoms with Crippen molar-refractivity contribution in [2.45, 2.75) is 39.1 Å². The number of aromatic carboxylic acids is 1. The Hall–Kier alpha value is -2.61. The topological polar surface area (TPSA) is 81.5 Å². The average Bonchev–Trinajstić information content (AvgIpc) is 3.14. The number of benzene rings is 1. The van der Waals surface area contributed by atoms with Crippen LogP contribution in [0.3, 0.4) is 0 Å². The first kappa shape index (κ1) is 19.7. The molecule has 0 amide bonds. The Balaban J connectivity index is 1.51.